The zero-order chi connectivity index (χ0) is 15.2. The van der Waals surface area contributed by atoms with Gasteiger partial charge in [0, 0.05) is 24.6 Å². The van der Waals surface area contributed by atoms with Gasteiger partial charge in [-0.2, -0.15) is 0 Å². The van der Waals surface area contributed by atoms with Crippen molar-refractivity contribution in [2.75, 3.05) is 31.7 Å². The maximum atomic E-state index is 5.31. The highest BCUT2D eigenvalue weighted by Crippen LogP contribution is 2.38. The summed E-state index contributed by atoms with van der Waals surface area (Å²) in [4.78, 5) is 8.76. The number of nitrogens with one attached hydrogen (secondary N) is 1. The summed E-state index contributed by atoms with van der Waals surface area (Å²) in [5.74, 6) is 0. The molecule has 1 aliphatic carbocycles. The topological polar surface area (TPSA) is 37.4 Å². The van der Waals surface area contributed by atoms with Gasteiger partial charge in [-0.3, -0.25) is 0 Å². The number of hydrogen-bond donors (Lipinski definition) is 1. The van der Waals surface area contributed by atoms with Crippen molar-refractivity contribution in [1.29, 1.82) is 0 Å². The van der Waals surface area contributed by atoms with Gasteiger partial charge >= 0.3 is 0 Å². The normalized spacial score (nSPS) is 19.3. The molecule has 120 valence electrons. The van der Waals surface area contributed by atoms with E-state index in [9.17, 15) is 0 Å². The molecule has 0 saturated carbocycles. The number of fused-ring (bicyclic) bond motifs is 1. The number of anilines is 1. The summed E-state index contributed by atoms with van der Waals surface area (Å²) in [6.45, 7) is 9.44. The molecule has 1 aromatic heterocycles. The number of ether oxygens (including phenoxy) is 1. The molecule has 1 aliphatic rings. The Morgan fingerprint density at radius 3 is 2.95 bits per heavy atom. The van der Waals surface area contributed by atoms with E-state index >= 15 is 0 Å². The van der Waals surface area contributed by atoms with Gasteiger partial charge in [-0.05, 0) is 46.1 Å². The zero-order valence-electron chi connectivity index (χ0n) is 13.8. The van der Waals surface area contributed by atoms with Crippen molar-refractivity contribution in [3.8, 4) is 0 Å². The number of thiazole rings is 1. The van der Waals surface area contributed by atoms with E-state index in [1.54, 1.807) is 7.11 Å². The van der Waals surface area contributed by atoms with Crippen LogP contribution in [-0.4, -0.2) is 37.8 Å². The standard InChI is InChI=1S/C16H29N3OS/c1-5-10-17-13-8-7-9-14-15(13)21-16(18-14)19(6-2)12(3)11-20-4/h12-13,17H,5-11H2,1-4H3. The first kappa shape index (κ1) is 16.7. The molecule has 1 N–H and O–H groups in total. The SMILES string of the molecule is CCCNC1CCCc2nc(N(CC)C(C)COC)sc21. The Labute approximate surface area is 132 Å². The minimum Gasteiger partial charge on any atom is -0.383 e. The molecule has 5 heteroatoms. The van der Waals surface area contributed by atoms with Gasteiger partial charge < -0.3 is 15.0 Å². The van der Waals surface area contributed by atoms with Crippen LogP contribution in [0.1, 0.15) is 56.6 Å². The van der Waals surface area contributed by atoms with E-state index < -0.39 is 0 Å². The van der Waals surface area contributed by atoms with Gasteiger partial charge in [0.25, 0.3) is 0 Å². The van der Waals surface area contributed by atoms with Crippen molar-refractivity contribution in [2.24, 2.45) is 0 Å². The van der Waals surface area contributed by atoms with Gasteiger partial charge in [-0.25, -0.2) is 4.98 Å². The first-order chi connectivity index (χ1) is 10.2. The fraction of sp³-hybridized carbons (Fsp3) is 0.812. The van der Waals surface area contributed by atoms with Crippen LogP contribution in [0.4, 0.5) is 5.13 Å². The maximum absolute atomic E-state index is 5.31. The number of methoxy groups -OCH3 is 1. The second-order valence-electron chi connectivity index (χ2n) is 5.80. The maximum Gasteiger partial charge on any atom is 0.186 e. The molecule has 21 heavy (non-hydrogen) atoms. The number of rotatable bonds is 8. The molecule has 2 unspecified atom stereocenters. The molecule has 0 fully saturated rings. The molecular weight excluding hydrogens is 282 g/mol. The van der Waals surface area contributed by atoms with E-state index in [1.807, 2.05) is 11.3 Å². The summed E-state index contributed by atoms with van der Waals surface area (Å²) in [6, 6.07) is 0.881. The Balaban J connectivity index is 2.17. The lowest BCUT2D eigenvalue weighted by Crippen LogP contribution is -2.36. The molecule has 0 radical (unpaired) electrons. The molecule has 2 atom stereocenters. The summed E-state index contributed by atoms with van der Waals surface area (Å²) in [5.41, 5.74) is 1.32. The van der Waals surface area contributed by atoms with Crippen LogP contribution in [0.5, 0.6) is 0 Å². The lowest BCUT2D eigenvalue weighted by Gasteiger charge is -2.26. The minimum absolute atomic E-state index is 0.370. The third-order valence-corrected chi connectivity index (χ3v) is 5.35. The Bertz CT molecular complexity index is 435. The van der Waals surface area contributed by atoms with E-state index in [0.717, 1.165) is 31.2 Å². The summed E-state index contributed by atoms with van der Waals surface area (Å²) < 4.78 is 5.31. The van der Waals surface area contributed by atoms with Crippen molar-refractivity contribution in [3.63, 3.8) is 0 Å². The van der Waals surface area contributed by atoms with Crippen LogP contribution >= 0.6 is 11.3 Å². The molecule has 4 nitrogen and oxygen atoms in total. The Hall–Kier alpha value is -0.650. The lowest BCUT2D eigenvalue weighted by atomic mass is 9.98. The summed E-state index contributed by atoms with van der Waals surface area (Å²) in [5, 5.41) is 4.84. The Kier molecular flexibility index (Phi) is 6.45. The molecule has 1 heterocycles. The van der Waals surface area contributed by atoms with Crippen molar-refractivity contribution >= 4 is 16.5 Å². The van der Waals surface area contributed by atoms with Gasteiger partial charge in [-0.15, -0.1) is 0 Å². The quantitative estimate of drug-likeness (QED) is 0.798. The van der Waals surface area contributed by atoms with Crippen LogP contribution < -0.4 is 10.2 Å². The van der Waals surface area contributed by atoms with E-state index in [0.29, 0.717) is 12.1 Å². The van der Waals surface area contributed by atoms with E-state index in [2.05, 4.69) is 31.0 Å². The molecule has 2 rings (SSSR count). The second kappa shape index (κ2) is 8.11. The molecule has 0 aliphatic heterocycles. The highest BCUT2D eigenvalue weighted by atomic mass is 32.1. The summed E-state index contributed by atoms with van der Waals surface area (Å²) >= 11 is 1.88. The van der Waals surface area contributed by atoms with Gasteiger partial charge in [0.1, 0.15) is 0 Å². The van der Waals surface area contributed by atoms with Crippen LogP contribution in [0, 0.1) is 0 Å². The largest absolute Gasteiger partial charge is 0.383 e. The smallest absolute Gasteiger partial charge is 0.186 e. The molecule has 1 aromatic rings. The third kappa shape index (κ3) is 3.96. The number of nitrogens with zero attached hydrogens (tertiary/aromatic N) is 2. The molecule has 0 bridgehead atoms. The van der Waals surface area contributed by atoms with Gasteiger partial charge in [0.15, 0.2) is 5.13 Å². The minimum atomic E-state index is 0.370. The molecule has 0 saturated heterocycles. The van der Waals surface area contributed by atoms with E-state index in [4.69, 9.17) is 9.72 Å². The Morgan fingerprint density at radius 2 is 2.29 bits per heavy atom. The van der Waals surface area contributed by atoms with Gasteiger partial charge in [0.2, 0.25) is 0 Å². The van der Waals surface area contributed by atoms with Crippen LogP contribution in [-0.2, 0) is 11.2 Å². The van der Waals surface area contributed by atoms with Crippen molar-refractivity contribution in [2.45, 2.75) is 58.5 Å². The van der Waals surface area contributed by atoms with Gasteiger partial charge in [-0.1, -0.05) is 18.3 Å². The summed E-state index contributed by atoms with van der Waals surface area (Å²) in [6.07, 6.45) is 4.81. The number of aryl methyl sites for hydroxylation is 1. The van der Waals surface area contributed by atoms with Crippen molar-refractivity contribution < 1.29 is 4.74 Å². The Morgan fingerprint density at radius 1 is 1.48 bits per heavy atom. The fourth-order valence-electron chi connectivity index (χ4n) is 3.01. The predicted octanol–water partition coefficient (Wildman–Crippen LogP) is 3.38. The first-order valence-corrected chi connectivity index (χ1v) is 9.01. The molecule has 0 amide bonds. The number of likely N-dealkylation sites (N-methyl/N-ethyl adjacent to an activating group) is 1. The van der Waals surface area contributed by atoms with E-state index in [-0.39, 0.29) is 0 Å². The van der Waals surface area contributed by atoms with Crippen molar-refractivity contribution in [1.82, 2.24) is 10.3 Å². The average Bonchev–Trinajstić information content (AvgIpc) is 2.90. The van der Waals surface area contributed by atoms with E-state index in [1.165, 1.54) is 29.8 Å². The molecule has 0 aromatic carbocycles. The van der Waals surface area contributed by atoms with Gasteiger partial charge in [0.05, 0.1) is 18.3 Å². The monoisotopic (exact) mass is 311 g/mol. The lowest BCUT2D eigenvalue weighted by molar-refractivity contribution is 0.182. The zero-order valence-corrected chi connectivity index (χ0v) is 14.6. The van der Waals surface area contributed by atoms with Crippen molar-refractivity contribution in [3.05, 3.63) is 10.6 Å². The number of hydrogen-bond acceptors (Lipinski definition) is 5. The predicted molar refractivity (Wildman–Crippen MR) is 90.4 cm³/mol. The fourth-order valence-corrected chi connectivity index (χ4v) is 4.40. The van der Waals surface area contributed by atoms with Crippen LogP contribution in [0.15, 0.2) is 0 Å². The average molecular weight is 311 g/mol. The molecule has 0 spiro atoms. The third-order valence-electron chi connectivity index (χ3n) is 4.11. The second-order valence-corrected chi connectivity index (χ2v) is 6.81. The van der Waals surface area contributed by atoms with Crippen LogP contribution in [0.3, 0.4) is 0 Å². The highest BCUT2D eigenvalue weighted by molar-refractivity contribution is 7.15. The van der Waals surface area contributed by atoms with Crippen LogP contribution in [0.2, 0.25) is 0 Å². The molecular formula is C16H29N3OS. The highest BCUT2D eigenvalue weighted by Gasteiger charge is 2.26. The number of aromatic nitrogens is 1. The van der Waals surface area contributed by atoms with Crippen LogP contribution in [0.25, 0.3) is 0 Å². The first-order valence-electron chi connectivity index (χ1n) is 8.19. The summed E-state index contributed by atoms with van der Waals surface area (Å²) in [7, 11) is 1.77.